The van der Waals surface area contributed by atoms with Gasteiger partial charge in [0.15, 0.2) is 11.4 Å². The van der Waals surface area contributed by atoms with Crippen LogP contribution in [-0.4, -0.2) is 53.6 Å². The van der Waals surface area contributed by atoms with Gasteiger partial charge in [-0.05, 0) is 45.8 Å². The molecule has 1 fully saturated rings. The average Bonchev–Trinajstić information content (AvgIpc) is 3.39. The van der Waals surface area contributed by atoms with Gasteiger partial charge in [0.05, 0.1) is 26.4 Å². The number of aromatic hydroxyl groups is 1. The predicted octanol–water partition coefficient (Wildman–Crippen LogP) is 3.81. The van der Waals surface area contributed by atoms with Crippen LogP contribution in [0.2, 0.25) is 0 Å². The van der Waals surface area contributed by atoms with Crippen LogP contribution in [0.5, 0.6) is 11.5 Å². The fraction of sp³-hybridized carbons (Fsp3) is 0.214. The summed E-state index contributed by atoms with van der Waals surface area (Å²) in [7, 11) is 1.65. The minimum Gasteiger partial charge on any atom is -0.502 e. The highest BCUT2D eigenvalue weighted by molar-refractivity contribution is 7.14. The molecule has 1 saturated heterocycles. The minimum absolute atomic E-state index is 0.0304. The van der Waals surface area contributed by atoms with E-state index >= 15 is 0 Å². The van der Waals surface area contributed by atoms with Crippen molar-refractivity contribution in [2.75, 3.05) is 31.9 Å². The first-order valence-corrected chi connectivity index (χ1v) is 12.9. The molecule has 2 aliphatic heterocycles. The Hall–Kier alpha value is -4.08. The number of rotatable bonds is 2. The maximum atomic E-state index is 13.5. The molecule has 8 nitrogen and oxygen atoms in total. The third kappa shape index (κ3) is 3.11. The molecule has 2 atom stereocenters. The Labute approximate surface area is 216 Å². The van der Waals surface area contributed by atoms with Crippen molar-refractivity contribution in [2.45, 2.75) is 12.2 Å². The van der Waals surface area contributed by atoms with Gasteiger partial charge in [0.1, 0.15) is 11.9 Å². The number of carbonyl (C=O) groups is 1. The molecule has 9 heteroatoms. The lowest BCUT2D eigenvalue weighted by molar-refractivity contribution is -0.0196. The monoisotopic (exact) mass is 513 g/mol. The van der Waals surface area contributed by atoms with E-state index in [0.717, 1.165) is 38.4 Å². The summed E-state index contributed by atoms with van der Waals surface area (Å²) in [5.74, 6) is -0.173. The second-order valence-corrected chi connectivity index (χ2v) is 10.2. The molecule has 1 amide bonds. The number of amides is 1. The van der Waals surface area contributed by atoms with Crippen molar-refractivity contribution in [3.8, 4) is 33.1 Å². The maximum Gasteiger partial charge on any atom is 0.278 e. The molecule has 1 N–H and O–H groups in total. The summed E-state index contributed by atoms with van der Waals surface area (Å²) in [5, 5.41) is 15.0. The molecule has 2 aromatic heterocycles. The van der Waals surface area contributed by atoms with Gasteiger partial charge in [-0.25, -0.2) is 0 Å². The molecule has 0 bridgehead atoms. The van der Waals surface area contributed by atoms with Crippen LogP contribution < -0.4 is 15.2 Å². The fourth-order valence-electron chi connectivity index (χ4n) is 5.79. The third-order valence-electron chi connectivity index (χ3n) is 7.45. The Morgan fingerprint density at radius 2 is 1.86 bits per heavy atom. The summed E-state index contributed by atoms with van der Waals surface area (Å²) in [6.07, 6.45) is 1.13. The molecule has 7 rings (SSSR count). The summed E-state index contributed by atoms with van der Waals surface area (Å²) in [4.78, 5) is 28.8. The van der Waals surface area contributed by atoms with Crippen molar-refractivity contribution >= 4 is 17.2 Å². The molecule has 0 spiro atoms. The molecular weight excluding hydrogens is 490 g/mol. The van der Waals surface area contributed by atoms with E-state index in [0.29, 0.717) is 19.8 Å². The molecular formula is C28H23N3O5S. The number of pyridine rings is 1. The summed E-state index contributed by atoms with van der Waals surface area (Å²) in [6, 6.07) is 17.4. The van der Waals surface area contributed by atoms with Gasteiger partial charge in [-0.15, -0.1) is 11.3 Å². The second kappa shape index (κ2) is 8.22. The van der Waals surface area contributed by atoms with Gasteiger partial charge < -0.3 is 19.5 Å². The molecule has 3 aliphatic rings. The van der Waals surface area contributed by atoms with Crippen molar-refractivity contribution in [3.05, 3.63) is 93.2 Å². The SMILES string of the molecule is COc1ccc2c(c1)-c1ccsc1-c1ccccc1[C@H]2N1[C@@H]2COCCN2C(=O)c2c(O)c(=O)ccn21. The van der Waals surface area contributed by atoms with Crippen LogP contribution in [0, 0.1) is 0 Å². The van der Waals surface area contributed by atoms with Crippen LogP contribution in [0.25, 0.3) is 21.6 Å². The highest BCUT2D eigenvalue weighted by Gasteiger charge is 2.46. The topological polar surface area (TPSA) is 84.2 Å². The molecule has 4 heterocycles. The molecule has 0 unspecified atom stereocenters. The van der Waals surface area contributed by atoms with Crippen molar-refractivity contribution in [1.82, 2.24) is 9.58 Å². The number of hydrogen-bond acceptors (Lipinski definition) is 7. The van der Waals surface area contributed by atoms with Gasteiger partial charge in [-0.2, -0.15) is 0 Å². The van der Waals surface area contributed by atoms with E-state index in [1.807, 2.05) is 24.3 Å². The molecule has 2 aromatic carbocycles. The van der Waals surface area contributed by atoms with E-state index in [1.165, 1.54) is 6.07 Å². The van der Waals surface area contributed by atoms with Gasteiger partial charge in [-0.3, -0.25) is 19.3 Å². The summed E-state index contributed by atoms with van der Waals surface area (Å²) >= 11 is 1.68. The Kier molecular flexibility index (Phi) is 4.92. The first kappa shape index (κ1) is 22.1. The van der Waals surface area contributed by atoms with Crippen molar-refractivity contribution in [1.29, 1.82) is 0 Å². The van der Waals surface area contributed by atoms with E-state index in [1.54, 1.807) is 34.2 Å². The molecule has 0 radical (unpaired) electrons. The zero-order valence-electron chi connectivity index (χ0n) is 20.0. The summed E-state index contributed by atoms with van der Waals surface area (Å²) in [5.41, 5.74) is 4.70. The Balaban J connectivity index is 1.57. The lowest BCUT2D eigenvalue weighted by Crippen LogP contribution is -2.66. The van der Waals surface area contributed by atoms with Crippen molar-refractivity contribution < 1.29 is 19.4 Å². The standard InChI is InChI=1S/C28H23N3O5S/c1-35-16-6-7-18-21(14-16)20-9-13-37-27(20)19-5-3-2-4-17(19)24(18)31-23-15-36-12-11-29(23)28(34)25-26(33)22(32)8-10-30(25)31/h2-10,13-14,23-24,33H,11-12,15H2,1H3/t23-,24-/m1/s1. The highest BCUT2D eigenvalue weighted by Crippen LogP contribution is 2.50. The third-order valence-corrected chi connectivity index (χ3v) is 8.40. The largest absolute Gasteiger partial charge is 0.502 e. The zero-order valence-corrected chi connectivity index (χ0v) is 20.8. The van der Waals surface area contributed by atoms with Crippen molar-refractivity contribution in [3.63, 3.8) is 0 Å². The first-order chi connectivity index (χ1) is 18.1. The van der Waals surface area contributed by atoms with Gasteiger partial charge in [0.25, 0.3) is 5.91 Å². The molecule has 186 valence electrons. The number of carbonyl (C=O) groups excluding carboxylic acids is 1. The lowest BCUT2D eigenvalue weighted by atomic mass is 9.92. The molecule has 37 heavy (non-hydrogen) atoms. The molecule has 0 saturated carbocycles. The zero-order chi connectivity index (χ0) is 25.3. The number of methoxy groups -OCH3 is 1. The summed E-state index contributed by atoms with van der Waals surface area (Å²) in [6.45, 7) is 1.05. The van der Waals surface area contributed by atoms with E-state index < -0.39 is 17.3 Å². The average molecular weight is 514 g/mol. The van der Waals surface area contributed by atoms with Crippen LogP contribution in [0.15, 0.2) is 71.0 Å². The van der Waals surface area contributed by atoms with Gasteiger partial charge >= 0.3 is 0 Å². The maximum absolute atomic E-state index is 13.5. The lowest BCUT2D eigenvalue weighted by Gasteiger charge is -2.51. The predicted molar refractivity (Wildman–Crippen MR) is 140 cm³/mol. The second-order valence-electron chi connectivity index (χ2n) is 9.26. The quantitative estimate of drug-likeness (QED) is 0.439. The van der Waals surface area contributed by atoms with E-state index in [-0.39, 0.29) is 17.6 Å². The number of benzene rings is 2. The number of morpholine rings is 1. The number of fused-ring (bicyclic) bond motifs is 7. The number of aromatic nitrogens is 1. The van der Waals surface area contributed by atoms with E-state index in [9.17, 15) is 14.7 Å². The van der Waals surface area contributed by atoms with Crippen LogP contribution in [0.4, 0.5) is 0 Å². The van der Waals surface area contributed by atoms with E-state index in [4.69, 9.17) is 9.47 Å². The first-order valence-electron chi connectivity index (χ1n) is 12.1. The van der Waals surface area contributed by atoms with Gasteiger partial charge in [-0.1, -0.05) is 30.3 Å². The van der Waals surface area contributed by atoms with Gasteiger partial charge in [0, 0.05) is 29.2 Å². The van der Waals surface area contributed by atoms with Crippen LogP contribution in [0.3, 0.4) is 0 Å². The Morgan fingerprint density at radius 1 is 1.03 bits per heavy atom. The summed E-state index contributed by atoms with van der Waals surface area (Å²) < 4.78 is 13.1. The Bertz CT molecular complexity index is 1630. The van der Waals surface area contributed by atoms with E-state index in [2.05, 4.69) is 34.7 Å². The van der Waals surface area contributed by atoms with Crippen LogP contribution >= 0.6 is 11.3 Å². The van der Waals surface area contributed by atoms with Crippen LogP contribution in [0.1, 0.15) is 27.7 Å². The highest BCUT2D eigenvalue weighted by atomic mass is 32.1. The van der Waals surface area contributed by atoms with Gasteiger partial charge in [0.2, 0.25) is 5.43 Å². The number of nitrogens with zero attached hydrogens (tertiary/aromatic N) is 3. The minimum atomic E-state index is -0.583. The smallest absolute Gasteiger partial charge is 0.278 e. The Morgan fingerprint density at radius 3 is 2.73 bits per heavy atom. The number of ether oxygens (including phenoxy) is 2. The number of thiophene rings is 1. The van der Waals surface area contributed by atoms with Crippen LogP contribution in [-0.2, 0) is 4.74 Å². The molecule has 4 aromatic rings. The normalized spacial score (nSPS) is 19.8. The fourth-order valence-corrected chi connectivity index (χ4v) is 6.75. The number of hydrogen-bond donors (Lipinski definition) is 1. The van der Waals surface area contributed by atoms with Crippen molar-refractivity contribution in [2.24, 2.45) is 0 Å². The molecule has 1 aliphatic carbocycles.